The molecule has 190 valence electrons. The van der Waals surface area contributed by atoms with Crippen LogP contribution < -0.4 is 10.1 Å². The lowest BCUT2D eigenvalue weighted by Gasteiger charge is -2.36. The van der Waals surface area contributed by atoms with Crippen molar-refractivity contribution in [3.05, 3.63) is 35.6 Å². The van der Waals surface area contributed by atoms with E-state index in [4.69, 9.17) is 21.6 Å². The maximum atomic E-state index is 12.5. The molecule has 0 bridgehead atoms. The minimum Gasteiger partial charge on any atom is -0.406 e. The number of likely N-dealkylation sites (tertiary alicyclic amines) is 1. The minimum atomic E-state index is -0.826. The average Bonchev–Trinajstić information content (AvgIpc) is 3.38. The zero-order chi connectivity index (χ0) is 26.3. The van der Waals surface area contributed by atoms with Gasteiger partial charge in [-0.2, -0.15) is 10.4 Å². The highest BCUT2D eigenvalue weighted by Gasteiger charge is 2.33. The molecule has 2 atom stereocenters. The number of fused-ring (bicyclic) bond motifs is 2. The van der Waals surface area contributed by atoms with Crippen LogP contribution in [0.4, 0.5) is 4.79 Å². The molecule has 3 N–H and O–H groups in total. The number of amides is 2. The molecule has 2 amide bonds. The standard InChI is InChI=1S/C24H23ClN8O4/c1-12(34)9-33-18-5-15(25)3-4-16(18)20(31-33)17-7-27-22-21(30-17)19(8-28-22)37-24(36)29-13(2)23(35)32-10-14(6-26)11-32/h3-5,7-8,12-14,34H,9-11H2,1-2H3,(H,27,28)(H,29,36)/t12?,13-/m1/s1. The second-order valence-corrected chi connectivity index (χ2v) is 9.41. The molecule has 12 nitrogen and oxygen atoms in total. The highest BCUT2D eigenvalue weighted by molar-refractivity contribution is 6.31. The zero-order valence-corrected chi connectivity index (χ0v) is 20.7. The Labute approximate surface area is 215 Å². The van der Waals surface area contributed by atoms with Gasteiger partial charge in [-0.3, -0.25) is 9.48 Å². The molecule has 1 aliphatic rings. The molecule has 13 heteroatoms. The van der Waals surface area contributed by atoms with E-state index >= 15 is 0 Å². The Morgan fingerprint density at radius 1 is 1.38 bits per heavy atom. The predicted octanol–water partition coefficient (Wildman–Crippen LogP) is 2.47. The lowest BCUT2D eigenvalue weighted by atomic mass is 10.0. The fraction of sp³-hybridized carbons (Fsp3) is 0.333. The van der Waals surface area contributed by atoms with Crippen molar-refractivity contribution in [2.75, 3.05) is 13.1 Å². The van der Waals surface area contributed by atoms with E-state index in [1.165, 1.54) is 11.1 Å². The largest absolute Gasteiger partial charge is 0.413 e. The molecule has 0 spiro atoms. The number of aliphatic hydroxyl groups excluding tert-OH is 1. The van der Waals surface area contributed by atoms with Crippen LogP contribution in [-0.2, 0) is 11.3 Å². The average molecular weight is 523 g/mol. The molecule has 0 saturated carbocycles. The first-order valence-corrected chi connectivity index (χ1v) is 12.0. The monoisotopic (exact) mass is 522 g/mol. The maximum absolute atomic E-state index is 12.5. The number of carbonyl (C=O) groups excluding carboxylic acids is 2. The fourth-order valence-corrected chi connectivity index (χ4v) is 4.33. The summed E-state index contributed by atoms with van der Waals surface area (Å²) < 4.78 is 7.09. The van der Waals surface area contributed by atoms with Gasteiger partial charge in [0.25, 0.3) is 0 Å². The smallest absolute Gasteiger partial charge is 0.406 e. The summed E-state index contributed by atoms with van der Waals surface area (Å²) in [5.41, 5.74) is 2.40. The summed E-state index contributed by atoms with van der Waals surface area (Å²) in [7, 11) is 0. The molecule has 0 radical (unpaired) electrons. The minimum absolute atomic E-state index is 0.130. The number of nitriles is 1. The van der Waals surface area contributed by atoms with Crippen molar-refractivity contribution >= 4 is 45.7 Å². The Balaban J connectivity index is 1.38. The van der Waals surface area contributed by atoms with E-state index in [0.717, 1.165) is 10.9 Å². The third-order valence-electron chi connectivity index (χ3n) is 6.02. The van der Waals surface area contributed by atoms with Gasteiger partial charge in [-0.05, 0) is 32.0 Å². The first kappa shape index (κ1) is 24.5. The van der Waals surface area contributed by atoms with Gasteiger partial charge in [0, 0.05) is 29.7 Å². The summed E-state index contributed by atoms with van der Waals surface area (Å²) in [5, 5.41) is 27.2. The Bertz CT molecular complexity index is 1550. The lowest BCUT2D eigenvalue weighted by molar-refractivity contribution is -0.137. The van der Waals surface area contributed by atoms with Crippen LogP contribution in [0.2, 0.25) is 5.02 Å². The summed E-state index contributed by atoms with van der Waals surface area (Å²) in [6.07, 6.45) is 1.55. The number of carbonyl (C=O) groups is 2. The third kappa shape index (κ3) is 4.78. The van der Waals surface area contributed by atoms with Crippen molar-refractivity contribution in [2.45, 2.75) is 32.5 Å². The van der Waals surface area contributed by atoms with Crippen LogP contribution in [-0.4, -0.2) is 72.0 Å². The molecule has 4 heterocycles. The molecule has 0 aliphatic carbocycles. The number of hydrogen-bond acceptors (Lipinski definition) is 8. The molecule has 1 aliphatic heterocycles. The second-order valence-electron chi connectivity index (χ2n) is 8.97. The summed E-state index contributed by atoms with van der Waals surface area (Å²) in [6.45, 7) is 4.18. The van der Waals surface area contributed by atoms with Crippen molar-refractivity contribution in [1.82, 2.24) is 34.9 Å². The van der Waals surface area contributed by atoms with E-state index in [1.807, 2.05) is 6.07 Å². The molecule has 1 aromatic carbocycles. The molecular formula is C24H23ClN8O4. The number of ether oxygens (including phenoxy) is 1. The van der Waals surface area contributed by atoms with Crippen LogP contribution in [0.1, 0.15) is 13.8 Å². The highest BCUT2D eigenvalue weighted by Crippen LogP contribution is 2.31. The third-order valence-corrected chi connectivity index (χ3v) is 6.26. The number of nitrogens with one attached hydrogen (secondary N) is 2. The fourth-order valence-electron chi connectivity index (χ4n) is 4.17. The van der Waals surface area contributed by atoms with Gasteiger partial charge in [-0.25, -0.2) is 14.8 Å². The summed E-state index contributed by atoms with van der Waals surface area (Å²) in [4.78, 5) is 38.4. The number of H-pyrrole nitrogens is 1. The Morgan fingerprint density at radius 3 is 2.89 bits per heavy atom. The van der Waals surface area contributed by atoms with E-state index in [0.29, 0.717) is 40.7 Å². The topological polar surface area (TPSA) is 162 Å². The van der Waals surface area contributed by atoms with Crippen LogP contribution in [0.3, 0.4) is 0 Å². The number of halogens is 1. The van der Waals surface area contributed by atoms with Gasteiger partial charge in [0.15, 0.2) is 16.9 Å². The molecule has 5 rings (SSSR count). The number of nitrogens with zero attached hydrogens (tertiary/aromatic N) is 6. The Hall–Kier alpha value is -4.21. The number of aromatic nitrogens is 5. The van der Waals surface area contributed by atoms with Crippen LogP contribution in [0.25, 0.3) is 33.5 Å². The highest BCUT2D eigenvalue weighted by atomic mass is 35.5. The van der Waals surface area contributed by atoms with Crippen LogP contribution >= 0.6 is 11.6 Å². The predicted molar refractivity (Wildman–Crippen MR) is 134 cm³/mol. The molecule has 1 unspecified atom stereocenters. The van der Waals surface area contributed by atoms with Crippen LogP contribution in [0.5, 0.6) is 5.75 Å². The van der Waals surface area contributed by atoms with Crippen molar-refractivity contribution < 1.29 is 19.4 Å². The van der Waals surface area contributed by atoms with Crippen molar-refractivity contribution in [3.8, 4) is 23.2 Å². The first-order chi connectivity index (χ1) is 17.7. The summed E-state index contributed by atoms with van der Waals surface area (Å²) in [5.74, 6) is -0.329. The number of rotatable bonds is 6. The number of benzene rings is 1. The number of aliphatic hydroxyl groups is 1. The van der Waals surface area contributed by atoms with Gasteiger partial charge in [0.2, 0.25) is 5.91 Å². The lowest BCUT2D eigenvalue weighted by Crippen LogP contribution is -2.56. The molecule has 37 heavy (non-hydrogen) atoms. The molecule has 1 saturated heterocycles. The normalized spacial score (nSPS) is 15.3. The molecule has 3 aromatic heterocycles. The van der Waals surface area contributed by atoms with E-state index in [2.05, 4.69) is 31.4 Å². The summed E-state index contributed by atoms with van der Waals surface area (Å²) >= 11 is 6.19. The van der Waals surface area contributed by atoms with Gasteiger partial charge >= 0.3 is 6.09 Å². The van der Waals surface area contributed by atoms with Gasteiger partial charge in [-0.1, -0.05) is 11.6 Å². The van der Waals surface area contributed by atoms with Crippen molar-refractivity contribution in [1.29, 1.82) is 5.26 Å². The summed E-state index contributed by atoms with van der Waals surface area (Å²) in [6, 6.07) is 6.61. The Morgan fingerprint density at radius 2 is 2.16 bits per heavy atom. The zero-order valence-electron chi connectivity index (χ0n) is 20.0. The van der Waals surface area contributed by atoms with Gasteiger partial charge in [-0.15, -0.1) is 0 Å². The van der Waals surface area contributed by atoms with E-state index in [9.17, 15) is 14.7 Å². The van der Waals surface area contributed by atoms with Gasteiger partial charge in [0.05, 0.1) is 36.3 Å². The SMILES string of the molecule is CC(O)Cn1nc(-c2cnc3[nH]cc(OC(=O)N[C@H](C)C(=O)N4CC(C#N)C4)c3n2)c2ccc(Cl)cc21. The molecule has 4 aromatic rings. The Kier molecular flexibility index (Phi) is 6.41. The van der Waals surface area contributed by atoms with Crippen molar-refractivity contribution in [3.63, 3.8) is 0 Å². The quantitative estimate of drug-likeness (QED) is 0.348. The molecular weight excluding hydrogens is 500 g/mol. The van der Waals surface area contributed by atoms with Crippen LogP contribution in [0.15, 0.2) is 30.6 Å². The van der Waals surface area contributed by atoms with E-state index in [-0.39, 0.29) is 24.1 Å². The number of hydrogen-bond donors (Lipinski definition) is 3. The van der Waals surface area contributed by atoms with Gasteiger partial charge in [0.1, 0.15) is 17.4 Å². The van der Waals surface area contributed by atoms with Crippen LogP contribution in [0, 0.1) is 17.2 Å². The first-order valence-electron chi connectivity index (χ1n) is 11.6. The van der Waals surface area contributed by atoms with Crippen molar-refractivity contribution in [2.24, 2.45) is 5.92 Å². The number of aromatic amines is 1. The van der Waals surface area contributed by atoms with E-state index in [1.54, 1.807) is 36.9 Å². The van der Waals surface area contributed by atoms with Gasteiger partial charge < -0.3 is 25.0 Å². The second kappa shape index (κ2) is 9.68. The maximum Gasteiger partial charge on any atom is 0.413 e. The van der Waals surface area contributed by atoms with E-state index < -0.39 is 18.2 Å². The molecule has 1 fully saturated rings.